The maximum absolute atomic E-state index is 14.0. The van der Waals surface area contributed by atoms with Gasteiger partial charge in [-0.15, -0.1) is 0 Å². The Kier molecular flexibility index (Phi) is 3.61. The molecule has 0 aliphatic carbocycles. The molecule has 1 saturated heterocycles. The van der Waals surface area contributed by atoms with Crippen LogP contribution in [0.4, 0.5) is 15.8 Å². The summed E-state index contributed by atoms with van der Waals surface area (Å²) < 4.78 is 19.5. The fraction of sp³-hybridized carbons (Fsp3) is 0.462. The summed E-state index contributed by atoms with van der Waals surface area (Å²) in [6.07, 6.45) is 0.826. The third kappa shape index (κ3) is 2.49. The predicted octanol–water partition coefficient (Wildman–Crippen LogP) is 1.12. The molecule has 0 bridgehead atoms. The third-order valence-electron chi connectivity index (χ3n) is 3.60. The average molecular weight is 267 g/mol. The highest BCUT2D eigenvalue weighted by Gasteiger charge is 2.29. The van der Waals surface area contributed by atoms with E-state index in [2.05, 4.69) is 0 Å². The van der Waals surface area contributed by atoms with Gasteiger partial charge in [-0.1, -0.05) is 0 Å². The van der Waals surface area contributed by atoms with Gasteiger partial charge in [-0.25, -0.2) is 4.39 Å². The second kappa shape index (κ2) is 5.05. The second-order valence-electron chi connectivity index (χ2n) is 4.80. The minimum absolute atomic E-state index is 0.0129. The molecular formula is C13H18FN3O2. The molecule has 4 N–H and O–H groups in total. The van der Waals surface area contributed by atoms with Gasteiger partial charge < -0.3 is 21.1 Å². The number of primary amides is 1. The van der Waals surface area contributed by atoms with Gasteiger partial charge in [-0.3, -0.25) is 4.79 Å². The van der Waals surface area contributed by atoms with Gasteiger partial charge in [0, 0.05) is 19.3 Å². The van der Waals surface area contributed by atoms with Crippen molar-refractivity contribution in [3.8, 4) is 0 Å². The summed E-state index contributed by atoms with van der Waals surface area (Å²) in [5, 5.41) is 0. The molecule has 2 rings (SSSR count). The van der Waals surface area contributed by atoms with Crippen molar-refractivity contribution in [3.05, 3.63) is 23.5 Å². The Morgan fingerprint density at radius 1 is 1.53 bits per heavy atom. The van der Waals surface area contributed by atoms with Crippen molar-refractivity contribution < 1.29 is 13.9 Å². The van der Waals surface area contributed by atoms with E-state index in [1.807, 2.05) is 6.92 Å². The molecule has 2 unspecified atom stereocenters. The molecular weight excluding hydrogens is 249 g/mol. The number of anilines is 2. The summed E-state index contributed by atoms with van der Waals surface area (Å²) in [5.41, 5.74) is 11.3. The van der Waals surface area contributed by atoms with E-state index >= 15 is 0 Å². The number of likely N-dealkylation sites (N-methyl/N-ethyl adjacent to an activating group) is 1. The normalized spacial score (nSPS) is 22.5. The Labute approximate surface area is 111 Å². The van der Waals surface area contributed by atoms with Crippen molar-refractivity contribution in [2.24, 2.45) is 5.73 Å². The fourth-order valence-electron chi connectivity index (χ4n) is 2.47. The first-order valence-corrected chi connectivity index (χ1v) is 6.15. The van der Waals surface area contributed by atoms with Gasteiger partial charge in [0.05, 0.1) is 23.4 Å². The number of carbonyl (C=O) groups excluding carboxylic acids is 1. The molecule has 0 saturated carbocycles. The zero-order valence-electron chi connectivity index (χ0n) is 11.0. The van der Waals surface area contributed by atoms with Crippen LogP contribution in [-0.4, -0.2) is 31.7 Å². The molecule has 5 nitrogen and oxygen atoms in total. The summed E-state index contributed by atoms with van der Waals surface area (Å²) in [4.78, 5) is 13.0. The van der Waals surface area contributed by atoms with Gasteiger partial charge in [0.15, 0.2) is 0 Å². The number of benzene rings is 1. The van der Waals surface area contributed by atoms with E-state index < -0.39 is 11.7 Å². The van der Waals surface area contributed by atoms with Crippen molar-refractivity contribution in [1.29, 1.82) is 0 Å². The summed E-state index contributed by atoms with van der Waals surface area (Å²) in [7, 11) is 1.77. The Balaban J connectivity index is 2.38. The first kappa shape index (κ1) is 13.6. The summed E-state index contributed by atoms with van der Waals surface area (Å²) >= 11 is 0. The van der Waals surface area contributed by atoms with E-state index in [0.717, 1.165) is 12.5 Å². The zero-order chi connectivity index (χ0) is 14.2. The number of hydrogen-bond acceptors (Lipinski definition) is 4. The molecule has 0 spiro atoms. The first-order valence-electron chi connectivity index (χ1n) is 6.15. The number of halogens is 1. The van der Waals surface area contributed by atoms with Gasteiger partial charge in [-0.2, -0.15) is 0 Å². The van der Waals surface area contributed by atoms with Crippen LogP contribution in [0.3, 0.4) is 0 Å². The molecule has 104 valence electrons. The van der Waals surface area contributed by atoms with Crippen LogP contribution in [0.5, 0.6) is 0 Å². The highest BCUT2D eigenvalue weighted by atomic mass is 19.1. The first-order chi connectivity index (χ1) is 8.91. The van der Waals surface area contributed by atoms with Crippen LogP contribution in [0.15, 0.2) is 12.1 Å². The number of nitrogens with two attached hydrogens (primary N) is 2. The smallest absolute Gasteiger partial charge is 0.250 e. The van der Waals surface area contributed by atoms with Crippen LogP contribution in [0.25, 0.3) is 0 Å². The topological polar surface area (TPSA) is 81.6 Å². The number of rotatable bonds is 3. The van der Waals surface area contributed by atoms with Gasteiger partial charge in [0.25, 0.3) is 5.91 Å². The Hall–Kier alpha value is -1.82. The predicted molar refractivity (Wildman–Crippen MR) is 71.6 cm³/mol. The van der Waals surface area contributed by atoms with E-state index in [9.17, 15) is 9.18 Å². The maximum atomic E-state index is 14.0. The van der Waals surface area contributed by atoms with Crippen molar-refractivity contribution in [2.45, 2.75) is 25.5 Å². The monoisotopic (exact) mass is 267 g/mol. The molecule has 1 aliphatic heterocycles. The van der Waals surface area contributed by atoms with Crippen LogP contribution in [0, 0.1) is 5.82 Å². The molecule has 1 heterocycles. The second-order valence-corrected chi connectivity index (χ2v) is 4.80. The molecule has 6 heteroatoms. The fourth-order valence-corrected chi connectivity index (χ4v) is 2.47. The minimum atomic E-state index is -0.664. The molecule has 19 heavy (non-hydrogen) atoms. The van der Waals surface area contributed by atoms with E-state index in [4.69, 9.17) is 16.2 Å². The molecule has 0 aromatic heterocycles. The van der Waals surface area contributed by atoms with Gasteiger partial charge in [-0.05, 0) is 25.5 Å². The number of hydrogen-bond donors (Lipinski definition) is 2. The lowest BCUT2D eigenvalue weighted by atomic mass is 10.1. The molecule has 0 radical (unpaired) electrons. The molecule has 1 aliphatic rings. The lowest BCUT2D eigenvalue weighted by Gasteiger charge is -2.29. The highest BCUT2D eigenvalue weighted by Crippen LogP contribution is 2.29. The molecule has 1 aromatic carbocycles. The van der Waals surface area contributed by atoms with E-state index in [1.165, 1.54) is 6.07 Å². The Morgan fingerprint density at radius 3 is 2.74 bits per heavy atom. The quantitative estimate of drug-likeness (QED) is 0.804. The number of nitrogen functional groups attached to an aromatic ring is 1. The van der Waals surface area contributed by atoms with E-state index in [0.29, 0.717) is 12.3 Å². The maximum Gasteiger partial charge on any atom is 0.250 e. The lowest BCUT2D eigenvalue weighted by molar-refractivity contribution is 0.100. The SMILES string of the molecule is CC1OCCC1N(C)c1cc(C(N)=O)c(N)cc1F. The van der Waals surface area contributed by atoms with Gasteiger partial charge in [0.2, 0.25) is 0 Å². The summed E-state index contributed by atoms with van der Waals surface area (Å²) in [5.74, 6) is -1.13. The van der Waals surface area contributed by atoms with Crippen LogP contribution < -0.4 is 16.4 Å². The van der Waals surface area contributed by atoms with Gasteiger partial charge in [0.1, 0.15) is 5.82 Å². The Morgan fingerprint density at radius 2 is 2.21 bits per heavy atom. The summed E-state index contributed by atoms with van der Waals surface area (Å²) in [6, 6.07) is 2.60. The zero-order valence-corrected chi connectivity index (χ0v) is 11.0. The molecule has 1 amide bonds. The van der Waals surface area contributed by atoms with Gasteiger partial charge >= 0.3 is 0 Å². The minimum Gasteiger partial charge on any atom is -0.398 e. The third-order valence-corrected chi connectivity index (χ3v) is 3.60. The molecule has 1 aromatic rings. The number of ether oxygens (including phenoxy) is 1. The van der Waals surface area contributed by atoms with Crippen molar-refractivity contribution >= 4 is 17.3 Å². The van der Waals surface area contributed by atoms with Crippen molar-refractivity contribution in [3.63, 3.8) is 0 Å². The number of amides is 1. The largest absolute Gasteiger partial charge is 0.398 e. The highest BCUT2D eigenvalue weighted by molar-refractivity contribution is 5.99. The van der Waals surface area contributed by atoms with E-state index in [-0.39, 0.29) is 23.4 Å². The van der Waals surface area contributed by atoms with Crippen LogP contribution >= 0.6 is 0 Å². The standard InChI is InChI=1S/C13H18FN3O2/c1-7-11(3-4-19-7)17(2)12-5-8(13(16)18)10(15)6-9(12)14/h5-7,11H,3-4,15H2,1-2H3,(H2,16,18). The van der Waals surface area contributed by atoms with Crippen LogP contribution in [0.2, 0.25) is 0 Å². The summed E-state index contributed by atoms with van der Waals surface area (Å²) in [6.45, 7) is 2.59. The van der Waals surface area contributed by atoms with Crippen LogP contribution in [0.1, 0.15) is 23.7 Å². The molecule has 2 atom stereocenters. The van der Waals surface area contributed by atoms with Crippen molar-refractivity contribution in [1.82, 2.24) is 0 Å². The van der Waals surface area contributed by atoms with E-state index in [1.54, 1.807) is 11.9 Å². The van der Waals surface area contributed by atoms with Crippen LogP contribution in [-0.2, 0) is 4.74 Å². The lowest BCUT2D eigenvalue weighted by Crippen LogP contribution is -2.37. The van der Waals surface area contributed by atoms with Crippen molar-refractivity contribution in [2.75, 3.05) is 24.3 Å². The number of nitrogens with zero attached hydrogens (tertiary/aromatic N) is 1. The Bertz CT molecular complexity index is 507. The number of carbonyl (C=O) groups is 1. The average Bonchev–Trinajstić information content (AvgIpc) is 2.74. The molecule has 1 fully saturated rings.